The van der Waals surface area contributed by atoms with Gasteiger partial charge in [-0.3, -0.25) is 9.69 Å². The van der Waals surface area contributed by atoms with Crippen LogP contribution < -0.4 is 19.1 Å². The van der Waals surface area contributed by atoms with E-state index in [0.29, 0.717) is 33.9 Å². The van der Waals surface area contributed by atoms with Gasteiger partial charge in [-0.25, -0.2) is 4.39 Å². The molecule has 0 saturated carbocycles. The number of ether oxygens (including phenoxy) is 3. The van der Waals surface area contributed by atoms with Gasteiger partial charge < -0.3 is 14.2 Å². The maximum Gasteiger partial charge on any atom is 0.270 e. The molecule has 1 aliphatic rings. The Kier molecular flexibility index (Phi) is 7.26. The number of amides is 1. The van der Waals surface area contributed by atoms with Crippen molar-refractivity contribution in [3.8, 4) is 17.2 Å². The lowest BCUT2D eigenvalue weighted by Gasteiger charge is -2.14. The molecule has 3 aromatic rings. The Hall–Kier alpha value is -3.36. The number of hydrogen-bond acceptors (Lipinski definition) is 6. The third-order valence-electron chi connectivity index (χ3n) is 4.71. The predicted molar refractivity (Wildman–Crippen MR) is 132 cm³/mol. The van der Waals surface area contributed by atoms with Crippen molar-refractivity contribution in [3.63, 3.8) is 0 Å². The first-order chi connectivity index (χ1) is 16.0. The van der Waals surface area contributed by atoms with Crippen LogP contribution in [0.2, 0.25) is 0 Å². The van der Waals surface area contributed by atoms with Gasteiger partial charge in [0.15, 0.2) is 4.32 Å². The molecule has 0 aliphatic carbocycles. The fourth-order valence-corrected chi connectivity index (χ4v) is 4.42. The number of rotatable bonds is 8. The van der Waals surface area contributed by atoms with E-state index in [9.17, 15) is 9.18 Å². The first kappa shape index (κ1) is 22.8. The van der Waals surface area contributed by atoms with Crippen molar-refractivity contribution in [3.05, 3.63) is 89.1 Å². The topological polar surface area (TPSA) is 48.0 Å². The highest BCUT2D eigenvalue weighted by Gasteiger charge is 2.33. The minimum atomic E-state index is -0.369. The summed E-state index contributed by atoms with van der Waals surface area (Å²) in [6, 6.07) is 20.4. The second-order valence-corrected chi connectivity index (χ2v) is 8.61. The van der Waals surface area contributed by atoms with Gasteiger partial charge in [-0.05, 0) is 72.3 Å². The van der Waals surface area contributed by atoms with Gasteiger partial charge in [-0.2, -0.15) is 0 Å². The minimum absolute atomic E-state index is 0.240. The van der Waals surface area contributed by atoms with Crippen molar-refractivity contribution in [2.75, 3.05) is 25.2 Å². The molecule has 3 aromatic carbocycles. The largest absolute Gasteiger partial charge is 0.497 e. The second-order valence-electron chi connectivity index (χ2n) is 6.94. The molecular formula is C25H20FNO4S2. The van der Waals surface area contributed by atoms with Crippen LogP contribution >= 0.6 is 24.0 Å². The van der Waals surface area contributed by atoms with E-state index in [4.69, 9.17) is 26.4 Å². The molecule has 4 rings (SSSR count). The highest BCUT2D eigenvalue weighted by atomic mass is 32.2. The van der Waals surface area contributed by atoms with Crippen LogP contribution in [0, 0.1) is 5.82 Å². The van der Waals surface area contributed by atoms with Crippen molar-refractivity contribution in [2.24, 2.45) is 0 Å². The predicted octanol–water partition coefficient (Wildman–Crippen LogP) is 5.70. The van der Waals surface area contributed by atoms with Gasteiger partial charge in [-0.15, -0.1) is 0 Å². The first-order valence-corrected chi connectivity index (χ1v) is 11.3. The van der Waals surface area contributed by atoms with Crippen LogP contribution in [0.5, 0.6) is 17.2 Å². The highest BCUT2D eigenvalue weighted by Crippen LogP contribution is 2.36. The summed E-state index contributed by atoms with van der Waals surface area (Å²) in [7, 11) is 1.62. The summed E-state index contributed by atoms with van der Waals surface area (Å²) in [6.07, 6.45) is 1.77. The van der Waals surface area contributed by atoms with E-state index in [-0.39, 0.29) is 11.7 Å². The molecule has 1 fully saturated rings. The molecule has 168 valence electrons. The third kappa shape index (κ3) is 5.71. The number of nitrogens with zero attached hydrogens (tertiary/aromatic N) is 1. The Labute approximate surface area is 200 Å². The lowest BCUT2D eigenvalue weighted by molar-refractivity contribution is -0.113. The summed E-state index contributed by atoms with van der Waals surface area (Å²) in [6.45, 7) is 0.745. The number of benzene rings is 3. The van der Waals surface area contributed by atoms with Gasteiger partial charge in [0.05, 0.1) is 17.7 Å². The fraction of sp³-hybridized carbons (Fsp3) is 0.120. The highest BCUT2D eigenvalue weighted by molar-refractivity contribution is 8.27. The number of carbonyl (C=O) groups is 1. The number of carbonyl (C=O) groups excluding carboxylic acids is 1. The normalized spacial score (nSPS) is 14.6. The zero-order chi connectivity index (χ0) is 23.2. The van der Waals surface area contributed by atoms with Crippen molar-refractivity contribution in [2.45, 2.75) is 0 Å². The molecule has 0 bridgehead atoms. The van der Waals surface area contributed by atoms with Crippen LogP contribution in [0.3, 0.4) is 0 Å². The molecule has 0 aromatic heterocycles. The van der Waals surface area contributed by atoms with Crippen LogP contribution in [-0.4, -0.2) is 30.6 Å². The summed E-state index contributed by atoms with van der Waals surface area (Å²) in [4.78, 5) is 14.8. The van der Waals surface area contributed by atoms with E-state index in [1.807, 2.05) is 48.5 Å². The Morgan fingerprint density at radius 3 is 2.30 bits per heavy atom. The number of thiocarbonyl (C=S) groups is 1. The molecule has 0 N–H and O–H groups in total. The maximum atomic E-state index is 13.2. The summed E-state index contributed by atoms with van der Waals surface area (Å²) in [5, 5.41) is 0. The summed E-state index contributed by atoms with van der Waals surface area (Å²) in [5.74, 6) is 1.55. The van der Waals surface area contributed by atoms with Crippen molar-refractivity contribution >= 4 is 46.0 Å². The SMILES string of the molecule is COc1ccc(OCCOc2cccc(/C=C3\SC(=S)N(c4ccc(F)cc4)C3=O)c2)cc1. The van der Waals surface area contributed by atoms with Crippen LogP contribution in [0.25, 0.3) is 6.08 Å². The molecule has 0 atom stereocenters. The molecule has 1 aliphatic heterocycles. The van der Waals surface area contributed by atoms with Crippen LogP contribution in [-0.2, 0) is 4.79 Å². The van der Waals surface area contributed by atoms with Gasteiger partial charge in [0.25, 0.3) is 5.91 Å². The molecule has 0 radical (unpaired) electrons. The Morgan fingerprint density at radius 2 is 1.61 bits per heavy atom. The van der Waals surface area contributed by atoms with Crippen molar-refractivity contribution in [1.29, 1.82) is 0 Å². The molecular weight excluding hydrogens is 461 g/mol. The number of methoxy groups -OCH3 is 1. The molecule has 1 amide bonds. The van der Waals surface area contributed by atoms with E-state index in [1.165, 1.54) is 40.9 Å². The van der Waals surface area contributed by atoms with Crippen LogP contribution in [0.1, 0.15) is 5.56 Å². The van der Waals surface area contributed by atoms with E-state index < -0.39 is 0 Å². The Bertz CT molecular complexity index is 1180. The molecule has 1 saturated heterocycles. The summed E-state index contributed by atoms with van der Waals surface area (Å²) in [5.41, 5.74) is 1.35. The number of thioether (sulfide) groups is 1. The Morgan fingerprint density at radius 1 is 0.939 bits per heavy atom. The van der Waals surface area contributed by atoms with Gasteiger partial charge in [0, 0.05) is 0 Å². The lowest BCUT2D eigenvalue weighted by Crippen LogP contribution is -2.27. The summed E-state index contributed by atoms with van der Waals surface area (Å²) < 4.78 is 30.2. The number of halogens is 1. The average molecular weight is 482 g/mol. The molecule has 1 heterocycles. The number of anilines is 1. The van der Waals surface area contributed by atoms with Gasteiger partial charge >= 0.3 is 0 Å². The fourth-order valence-electron chi connectivity index (χ4n) is 3.12. The molecule has 0 unspecified atom stereocenters. The lowest BCUT2D eigenvalue weighted by atomic mass is 10.2. The smallest absolute Gasteiger partial charge is 0.270 e. The van der Waals surface area contributed by atoms with E-state index in [2.05, 4.69) is 0 Å². The van der Waals surface area contributed by atoms with Gasteiger partial charge in [0.1, 0.15) is 36.3 Å². The van der Waals surface area contributed by atoms with Crippen molar-refractivity contribution in [1.82, 2.24) is 0 Å². The van der Waals surface area contributed by atoms with Crippen LogP contribution in [0.15, 0.2) is 77.7 Å². The van der Waals surface area contributed by atoms with E-state index in [1.54, 1.807) is 13.2 Å². The van der Waals surface area contributed by atoms with E-state index in [0.717, 1.165) is 17.1 Å². The molecule has 5 nitrogen and oxygen atoms in total. The zero-order valence-corrected chi connectivity index (χ0v) is 19.3. The second kappa shape index (κ2) is 10.5. The standard InChI is InChI=1S/C25H20FNO4S2/c1-29-20-9-11-21(12-10-20)30-13-14-31-22-4-2-3-17(15-22)16-23-24(28)27(25(32)33-23)19-7-5-18(26)6-8-19/h2-12,15-16H,13-14H2,1H3/b23-16-. The Balaban J connectivity index is 1.36. The summed E-state index contributed by atoms with van der Waals surface area (Å²) >= 11 is 6.57. The minimum Gasteiger partial charge on any atom is -0.497 e. The maximum absolute atomic E-state index is 13.2. The zero-order valence-electron chi connectivity index (χ0n) is 17.7. The third-order valence-corrected chi connectivity index (χ3v) is 6.02. The average Bonchev–Trinajstić information content (AvgIpc) is 3.10. The van der Waals surface area contributed by atoms with Crippen LogP contribution in [0.4, 0.5) is 10.1 Å². The quantitative estimate of drug-likeness (QED) is 0.234. The molecule has 0 spiro atoms. The van der Waals surface area contributed by atoms with Gasteiger partial charge in [0.2, 0.25) is 0 Å². The monoisotopic (exact) mass is 481 g/mol. The van der Waals surface area contributed by atoms with E-state index >= 15 is 0 Å². The first-order valence-electron chi connectivity index (χ1n) is 10.1. The van der Waals surface area contributed by atoms with Gasteiger partial charge in [-0.1, -0.05) is 36.1 Å². The van der Waals surface area contributed by atoms with Crippen molar-refractivity contribution < 1.29 is 23.4 Å². The molecule has 33 heavy (non-hydrogen) atoms. The molecule has 8 heteroatoms. The number of hydrogen-bond donors (Lipinski definition) is 0.